The van der Waals surface area contributed by atoms with Crippen LogP contribution in [0.1, 0.15) is 36.5 Å². The van der Waals surface area contributed by atoms with E-state index in [0.717, 1.165) is 19.4 Å². The number of rotatable bonds is 1. The van der Waals surface area contributed by atoms with Crippen molar-refractivity contribution < 1.29 is 8.78 Å². The van der Waals surface area contributed by atoms with Crippen molar-refractivity contribution in [3.8, 4) is 0 Å². The van der Waals surface area contributed by atoms with Crippen molar-refractivity contribution in [2.24, 2.45) is 0 Å². The summed E-state index contributed by atoms with van der Waals surface area (Å²) in [5, 5.41) is 3.28. The maximum absolute atomic E-state index is 14.1. The summed E-state index contributed by atoms with van der Waals surface area (Å²) in [4.78, 5) is 0. The number of halogens is 2. The van der Waals surface area contributed by atoms with Gasteiger partial charge in [0.25, 0.3) is 0 Å². The lowest BCUT2D eigenvalue weighted by atomic mass is 9.85. The summed E-state index contributed by atoms with van der Waals surface area (Å²) in [6.07, 6.45) is 1.86. The molecule has 16 heavy (non-hydrogen) atoms. The van der Waals surface area contributed by atoms with E-state index in [1.807, 2.05) is 6.92 Å². The fourth-order valence-electron chi connectivity index (χ4n) is 2.61. The number of nitrogens with one attached hydrogen (secondary N) is 1. The maximum atomic E-state index is 14.1. The molecule has 0 bridgehead atoms. The molecule has 1 aliphatic heterocycles. The van der Waals surface area contributed by atoms with Crippen LogP contribution in [0.3, 0.4) is 0 Å². The second kappa shape index (κ2) is 3.81. The van der Waals surface area contributed by atoms with Gasteiger partial charge >= 0.3 is 0 Å². The van der Waals surface area contributed by atoms with Crippen LogP contribution in [0.25, 0.3) is 0 Å². The number of aryl methyl sites for hydroxylation is 1. The largest absolute Gasteiger partial charge is 0.308 e. The van der Waals surface area contributed by atoms with E-state index < -0.39 is 5.54 Å². The van der Waals surface area contributed by atoms with Crippen LogP contribution in [0.15, 0.2) is 6.07 Å². The molecule has 0 aromatic heterocycles. The normalized spacial score (nSPS) is 25.1. The number of benzene rings is 1. The molecule has 1 saturated heterocycles. The zero-order chi connectivity index (χ0) is 11.9. The van der Waals surface area contributed by atoms with Gasteiger partial charge in [-0.2, -0.15) is 0 Å². The molecule has 0 radical (unpaired) electrons. The van der Waals surface area contributed by atoms with Crippen LogP contribution in [-0.4, -0.2) is 6.54 Å². The smallest absolute Gasteiger partial charge is 0.131 e. The van der Waals surface area contributed by atoms with E-state index in [1.54, 1.807) is 13.8 Å². The van der Waals surface area contributed by atoms with Crippen molar-refractivity contribution in [2.45, 2.75) is 39.2 Å². The first-order chi connectivity index (χ1) is 7.46. The minimum absolute atomic E-state index is 0.268. The first kappa shape index (κ1) is 11.5. The molecular formula is C13H17F2N. The van der Waals surface area contributed by atoms with E-state index in [-0.39, 0.29) is 11.6 Å². The van der Waals surface area contributed by atoms with Gasteiger partial charge in [-0.3, -0.25) is 0 Å². The van der Waals surface area contributed by atoms with Crippen LogP contribution in [0.5, 0.6) is 0 Å². The van der Waals surface area contributed by atoms with E-state index in [2.05, 4.69) is 5.32 Å². The molecule has 3 heteroatoms. The van der Waals surface area contributed by atoms with E-state index in [1.165, 1.54) is 6.07 Å². The topological polar surface area (TPSA) is 12.0 Å². The molecule has 1 fully saturated rings. The van der Waals surface area contributed by atoms with Crippen LogP contribution >= 0.6 is 0 Å². The Labute approximate surface area is 94.9 Å². The summed E-state index contributed by atoms with van der Waals surface area (Å²) in [6.45, 7) is 6.08. The lowest BCUT2D eigenvalue weighted by Crippen LogP contribution is -2.35. The van der Waals surface area contributed by atoms with Crippen molar-refractivity contribution in [1.82, 2.24) is 5.32 Å². The first-order valence-electron chi connectivity index (χ1n) is 5.66. The fourth-order valence-corrected chi connectivity index (χ4v) is 2.61. The highest BCUT2D eigenvalue weighted by molar-refractivity contribution is 5.39. The van der Waals surface area contributed by atoms with Crippen LogP contribution in [-0.2, 0) is 5.54 Å². The lowest BCUT2D eigenvalue weighted by Gasteiger charge is -2.28. The Morgan fingerprint density at radius 2 is 2.00 bits per heavy atom. The quantitative estimate of drug-likeness (QED) is 0.774. The first-order valence-corrected chi connectivity index (χ1v) is 5.66. The molecule has 0 spiro atoms. The molecule has 0 saturated carbocycles. The van der Waals surface area contributed by atoms with Gasteiger partial charge in [-0.1, -0.05) is 0 Å². The van der Waals surface area contributed by atoms with E-state index in [9.17, 15) is 8.78 Å². The summed E-state index contributed by atoms with van der Waals surface area (Å²) in [5.41, 5.74) is 0.900. The van der Waals surface area contributed by atoms with Gasteiger partial charge in [0.2, 0.25) is 0 Å². The van der Waals surface area contributed by atoms with Crippen molar-refractivity contribution in [2.75, 3.05) is 6.54 Å². The third kappa shape index (κ3) is 1.63. The Balaban J connectivity index is 2.63. The predicted octanol–water partition coefficient (Wildman–Crippen LogP) is 3.18. The summed E-state index contributed by atoms with van der Waals surface area (Å²) < 4.78 is 27.8. The minimum Gasteiger partial charge on any atom is -0.308 e. The molecule has 1 nitrogen and oxygen atoms in total. The Bertz CT molecular complexity index is 394. The zero-order valence-electron chi connectivity index (χ0n) is 9.95. The van der Waals surface area contributed by atoms with Crippen LogP contribution in [0, 0.1) is 25.5 Å². The Morgan fingerprint density at radius 1 is 1.31 bits per heavy atom. The van der Waals surface area contributed by atoms with Gasteiger partial charge < -0.3 is 5.32 Å². The highest BCUT2D eigenvalue weighted by atomic mass is 19.1. The molecule has 1 unspecified atom stereocenters. The van der Waals surface area contributed by atoms with Crippen LogP contribution in [0.2, 0.25) is 0 Å². The molecule has 1 heterocycles. The highest BCUT2D eigenvalue weighted by Crippen LogP contribution is 2.36. The van der Waals surface area contributed by atoms with Crippen LogP contribution in [0.4, 0.5) is 8.78 Å². The molecule has 88 valence electrons. The van der Waals surface area contributed by atoms with E-state index in [0.29, 0.717) is 16.7 Å². The van der Waals surface area contributed by atoms with Crippen molar-refractivity contribution in [3.63, 3.8) is 0 Å². The fraction of sp³-hybridized carbons (Fsp3) is 0.538. The standard InChI is InChI=1S/C13H17F2N/c1-8-7-10(14)9(2)11(12(8)15)13(3)5-4-6-16-13/h7,16H,4-6H2,1-3H3. The third-order valence-corrected chi connectivity index (χ3v) is 3.56. The Hall–Kier alpha value is -0.960. The molecule has 2 rings (SSSR count). The van der Waals surface area contributed by atoms with Gasteiger partial charge in [-0.25, -0.2) is 8.78 Å². The molecule has 1 N–H and O–H groups in total. The highest BCUT2D eigenvalue weighted by Gasteiger charge is 2.35. The summed E-state index contributed by atoms with van der Waals surface area (Å²) >= 11 is 0. The third-order valence-electron chi connectivity index (χ3n) is 3.56. The molecule has 1 aliphatic rings. The minimum atomic E-state index is -0.416. The van der Waals surface area contributed by atoms with E-state index in [4.69, 9.17) is 0 Å². The maximum Gasteiger partial charge on any atom is 0.131 e. The lowest BCUT2D eigenvalue weighted by molar-refractivity contribution is 0.402. The van der Waals surface area contributed by atoms with Gasteiger partial charge in [-0.15, -0.1) is 0 Å². The molecule has 0 amide bonds. The molecule has 1 aromatic carbocycles. The molecule has 1 atom stereocenters. The van der Waals surface area contributed by atoms with Gasteiger partial charge in [0, 0.05) is 11.1 Å². The Kier molecular flexibility index (Phi) is 2.74. The van der Waals surface area contributed by atoms with Crippen molar-refractivity contribution >= 4 is 0 Å². The van der Waals surface area contributed by atoms with Gasteiger partial charge in [0.15, 0.2) is 0 Å². The zero-order valence-corrected chi connectivity index (χ0v) is 9.95. The molecule has 0 aliphatic carbocycles. The second-order valence-corrected chi connectivity index (χ2v) is 4.85. The Morgan fingerprint density at radius 3 is 2.56 bits per heavy atom. The van der Waals surface area contributed by atoms with Gasteiger partial charge in [-0.05, 0) is 57.4 Å². The number of hydrogen-bond donors (Lipinski definition) is 1. The summed E-state index contributed by atoms with van der Waals surface area (Å²) in [5.74, 6) is -0.584. The second-order valence-electron chi connectivity index (χ2n) is 4.85. The monoisotopic (exact) mass is 225 g/mol. The number of hydrogen-bond acceptors (Lipinski definition) is 1. The SMILES string of the molecule is Cc1cc(F)c(C)c(C2(C)CCCN2)c1F. The molecule has 1 aromatic rings. The summed E-state index contributed by atoms with van der Waals surface area (Å²) in [6, 6.07) is 1.27. The van der Waals surface area contributed by atoms with Crippen LogP contribution < -0.4 is 5.32 Å². The van der Waals surface area contributed by atoms with Crippen molar-refractivity contribution in [1.29, 1.82) is 0 Å². The average molecular weight is 225 g/mol. The average Bonchev–Trinajstić information content (AvgIpc) is 2.63. The van der Waals surface area contributed by atoms with Crippen molar-refractivity contribution in [3.05, 3.63) is 34.4 Å². The summed E-state index contributed by atoms with van der Waals surface area (Å²) in [7, 11) is 0. The predicted molar refractivity (Wildman–Crippen MR) is 60.4 cm³/mol. The van der Waals surface area contributed by atoms with E-state index >= 15 is 0 Å². The molecular weight excluding hydrogens is 208 g/mol. The van der Waals surface area contributed by atoms with Gasteiger partial charge in [0.05, 0.1) is 0 Å². The van der Waals surface area contributed by atoms with Gasteiger partial charge in [0.1, 0.15) is 11.6 Å².